The second kappa shape index (κ2) is 13.3. The molecule has 0 bridgehead atoms. The van der Waals surface area contributed by atoms with Crippen LogP contribution in [0.3, 0.4) is 0 Å². The van der Waals surface area contributed by atoms with Gasteiger partial charge in [0.2, 0.25) is 0 Å². The summed E-state index contributed by atoms with van der Waals surface area (Å²) >= 11 is 0. The Hall–Kier alpha value is -0.970. The Morgan fingerprint density at radius 1 is 1.00 bits per heavy atom. The molecule has 0 aromatic carbocycles. The molecule has 0 fully saturated rings. The highest BCUT2D eigenvalue weighted by Crippen LogP contribution is 2.08. The third kappa shape index (κ3) is 10.0. The number of nitrogens with zero attached hydrogens (tertiary/aromatic N) is 1. The van der Waals surface area contributed by atoms with Crippen molar-refractivity contribution in [1.82, 2.24) is 10.2 Å². The number of nitrogens with one attached hydrogen (secondary N) is 1. The van der Waals surface area contributed by atoms with Gasteiger partial charge in [0.25, 0.3) is 0 Å². The summed E-state index contributed by atoms with van der Waals surface area (Å²) in [4.78, 5) is 12.3. The van der Waals surface area contributed by atoms with E-state index in [-0.39, 0.29) is 13.1 Å². The normalized spacial score (nSPS) is 16.6. The Morgan fingerprint density at radius 3 is 2.17 bits per heavy atom. The smallest absolute Gasteiger partial charge is 0.404 e. The number of carbonyl (C=O) groups is 1. The highest BCUT2D eigenvalue weighted by molar-refractivity contribution is 5.64. The first kappa shape index (κ1) is 23.0. The highest BCUT2D eigenvalue weighted by atomic mass is 16.4. The number of unbranched alkanes of at least 4 members (excludes halogenated alkanes) is 3. The van der Waals surface area contributed by atoms with Crippen LogP contribution in [0.15, 0.2) is 0 Å². The van der Waals surface area contributed by atoms with E-state index in [0.29, 0.717) is 13.1 Å². The van der Waals surface area contributed by atoms with Crippen LogP contribution < -0.4 is 5.32 Å². The van der Waals surface area contributed by atoms with Crippen molar-refractivity contribution in [2.75, 3.05) is 32.8 Å². The van der Waals surface area contributed by atoms with Gasteiger partial charge in [-0.2, -0.15) is 0 Å². The molecule has 0 saturated heterocycles. The minimum atomic E-state index is -1.66. The molecule has 144 valence electrons. The van der Waals surface area contributed by atoms with Crippen molar-refractivity contribution < 1.29 is 35.4 Å². The van der Waals surface area contributed by atoms with Gasteiger partial charge in [0, 0.05) is 19.6 Å². The van der Waals surface area contributed by atoms with Gasteiger partial charge < -0.3 is 36.0 Å². The van der Waals surface area contributed by atoms with Crippen LogP contribution in [0.4, 0.5) is 4.79 Å². The number of hydrogen-bond acceptors (Lipinski definition) is 7. The van der Waals surface area contributed by atoms with Gasteiger partial charge in [0.1, 0.15) is 18.3 Å². The molecule has 24 heavy (non-hydrogen) atoms. The molecule has 1 amide bonds. The molecule has 4 atom stereocenters. The number of aliphatic hydroxyl groups is 5. The average molecular weight is 352 g/mol. The predicted octanol–water partition coefficient (Wildman–Crippen LogP) is -1.43. The molecular weight excluding hydrogens is 320 g/mol. The molecule has 0 spiro atoms. The fraction of sp³-hybridized carbons (Fsp3) is 0.933. The standard InChI is InChI=1S/C15H32N2O7/c1-2-3-4-5-7-17(8-6-16-15(23)24)9-11(19)13(21)14(22)12(20)10-18/h11-14,16,18-22H,2-10H2,1H3,(H,23,24). The lowest BCUT2D eigenvalue weighted by molar-refractivity contribution is -0.119. The van der Waals surface area contributed by atoms with Crippen LogP contribution in [0, 0.1) is 0 Å². The lowest BCUT2D eigenvalue weighted by Crippen LogP contribution is -2.50. The molecule has 0 saturated carbocycles. The van der Waals surface area contributed by atoms with Crippen LogP contribution in [0.5, 0.6) is 0 Å². The lowest BCUT2D eigenvalue weighted by atomic mass is 10.0. The van der Waals surface area contributed by atoms with Crippen LogP contribution in [-0.4, -0.2) is 98.8 Å². The molecule has 0 aliphatic heterocycles. The van der Waals surface area contributed by atoms with Gasteiger partial charge in [-0.05, 0) is 13.0 Å². The first-order valence-corrected chi connectivity index (χ1v) is 8.35. The van der Waals surface area contributed by atoms with Crippen LogP contribution >= 0.6 is 0 Å². The quantitative estimate of drug-likeness (QED) is 0.188. The molecule has 7 N–H and O–H groups in total. The first-order valence-electron chi connectivity index (χ1n) is 8.35. The summed E-state index contributed by atoms with van der Waals surface area (Å²) in [6, 6.07) is 0. The zero-order chi connectivity index (χ0) is 18.5. The van der Waals surface area contributed by atoms with Crippen molar-refractivity contribution in [3.63, 3.8) is 0 Å². The van der Waals surface area contributed by atoms with E-state index in [1.807, 2.05) is 0 Å². The van der Waals surface area contributed by atoms with E-state index in [4.69, 9.17) is 10.2 Å². The zero-order valence-electron chi connectivity index (χ0n) is 14.2. The first-order chi connectivity index (χ1) is 11.3. The van der Waals surface area contributed by atoms with Crippen molar-refractivity contribution in [2.45, 2.75) is 57.0 Å². The van der Waals surface area contributed by atoms with Crippen molar-refractivity contribution >= 4 is 6.09 Å². The summed E-state index contributed by atoms with van der Waals surface area (Å²) in [6.45, 7) is 2.51. The number of hydrogen-bond donors (Lipinski definition) is 7. The maximum atomic E-state index is 10.5. The lowest BCUT2D eigenvalue weighted by Gasteiger charge is -2.30. The Bertz CT molecular complexity index is 333. The highest BCUT2D eigenvalue weighted by Gasteiger charge is 2.30. The number of amides is 1. The van der Waals surface area contributed by atoms with Gasteiger partial charge in [-0.1, -0.05) is 26.2 Å². The zero-order valence-corrected chi connectivity index (χ0v) is 14.2. The second-order valence-corrected chi connectivity index (χ2v) is 5.89. The van der Waals surface area contributed by atoms with Crippen molar-refractivity contribution in [3.8, 4) is 0 Å². The Morgan fingerprint density at radius 2 is 1.62 bits per heavy atom. The maximum Gasteiger partial charge on any atom is 0.404 e. The molecule has 0 rings (SSSR count). The summed E-state index contributed by atoms with van der Waals surface area (Å²) in [6.07, 6.45) is -3.26. The van der Waals surface area contributed by atoms with E-state index in [0.717, 1.165) is 25.7 Å². The minimum Gasteiger partial charge on any atom is -0.465 e. The Labute approximate surface area is 142 Å². The van der Waals surface area contributed by atoms with Gasteiger partial charge >= 0.3 is 6.09 Å². The summed E-state index contributed by atoms with van der Waals surface area (Å²) in [5.41, 5.74) is 0. The molecule has 9 nitrogen and oxygen atoms in total. The fourth-order valence-electron chi connectivity index (χ4n) is 2.31. The molecular formula is C15H32N2O7. The van der Waals surface area contributed by atoms with Crippen molar-refractivity contribution in [3.05, 3.63) is 0 Å². The van der Waals surface area contributed by atoms with E-state index in [1.165, 1.54) is 0 Å². The molecule has 0 aromatic rings. The van der Waals surface area contributed by atoms with Gasteiger partial charge in [-0.3, -0.25) is 4.90 Å². The topological polar surface area (TPSA) is 154 Å². The Kier molecular flexibility index (Phi) is 12.8. The van der Waals surface area contributed by atoms with Crippen LogP contribution in [0.2, 0.25) is 0 Å². The summed E-state index contributed by atoms with van der Waals surface area (Å²) in [5.74, 6) is 0. The molecule has 0 heterocycles. The summed E-state index contributed by atoms with van der Waals surface area (Å²) in [5, 5.41) is 58.5. The molecule has 4 unspecified atom stereocenters. The van der Waals surface area contributed by atoms with Gasteiger partial charge in [0.15, 0.2) is 0 Å². The molecule has 9 heteroatoms. The monoisotopic (exact) mass is 352 g/mol. The van der Waals surface area contributed by atoms with E-state index < -0.39 is 37.1 Å². The van der Waals surface area contributed by atoms with E-state index >= 15 is 0 Å². The van der Waals surface area contributed by atoms with E-state index in [1.54, 1.807) is 4.90 Å². The molecule has 0 radical (unpaired) electrons. The SMILES string of the molecule is CCCCCCN(CCNC(=O)O)CC(O)C(O)C(O)C(O)CO. The van der Waals surface area contributed by atoms with Crippen LogP contribution in [-0.2, 0) is 0 Å². The second-order valence-electron chi connectivity index (χ2n) is 5.89. The fourth-order valence-corrected chi connectivity index (χ4v) is 2.31. The number of aliphatic hydroxyl groups excluding tert-OH is 5. The largest absolute Gasteiger partial charge is 0.465 e. The van der Waals surface area contributed by atoms with Crippen LogP contribution in [0.25, 0.3) is 0 Å². The third-order valence-electron chi connectivity index (χ3n) is 3.80. The number of carboxylic acid groups (broad SMARTS) is 1. The van der Waals surface area contributed by atoms with Crippen molar-refractivity contribution in [1.29, 1.82) is 0 Å². The average Bonchev–Trinajstić information content (AvgIpc) is 2.55. The summed E-state index contributed by atoms with van der Waals surface area (Å²) in [7, 11) is 0. The van der Waals surface area contributed by atoms with E-state index in [9.17, 15) is 25.2 Å². The van der Waals surface area contributed by atoms with Gasteiger partial charge in [-0.25, -0.2) is 4.79 Å². The minimum absolute atomic E-state index is 0.0177. The predicted molar refractivity (Wildman–Crippen MR) is 87.7 cm³/mol. The molecule has 0 aliphatic rings. The third-order valence-corrected chi connectivity index (χ3v) is 3.80. The van der Waals surface area contributed by atoms with Crippen molar-refractivity contribution in [2.24, 2.45) is 0 Å². The van der Waals surface area contributed by atoms with Gasteiger partial charge in [0.05, 0.1) is 12.7 Å². The van der Waals surface area contributed by atoms with Crippen LogP contribution in [0.1, 0.15) is 32.6 Å². The maximum absolute atomic E-state index is 10.5. The number of rotatable bonds is 14. The Balaban J connectivity index is 4.49. The molecule has 0 aromatic heterocycles. The molecule has 0 aliphatic carbocycles. The van der Waals surface area contributed by atoms with E-state index in [2.05, 4.69) is 12.2 Å². The summed E-state index contributed by atoms with van der Waals surface area (Å²) < 4.78 is 0. The van der Waals surface area contributed by atoms with Gasteiger partial charge in [-0.15, -0.1) is 0 Å².